The maximum absolute atomic E-state index is 11.8. The molecule has 2 heterocycles. The number of thiophene rings is 1. The summed E-state index contributed by atoms with van der Waals surface area (Å²) in [6, 6.07) is 7.40. The van der Waals surface area contributed by atoms with Gasteiger partial charge in [-0.25, -0.2) is 4.79 Å². The lowest BCUT2D eigenvalue weighted by Gasteiger charge is -2.17. The van der Waals surface area contributed by atoms with Gasteiger partial charge in [-0.15, -0.1) is 11.3 Å². The van der Waals surface area contributed by atoms with Crippen LogP contribution in [0.2, 0.25) is 5.02 Å². The molecule has 0 unspecified atom stereocenters. The Kier molecular flexibility index (Phi) is 4.57. The summed E-state index contributed by atoms with van der Waals surface area (Å²) in [5.41, 5.74) is 3.42. The van der Waals surface area contributed by atoms with Crippen LogP contribution in [-0.4, -0.2) is 11.9 Å². The van der Waals surface area contributed by atoms with Gasteiger partial charge in [0.2, 0.25) is 0 Å². The third-order valence-electron chi connectivity index (χ3n) is 3.93. The number of aryl methyl sites for hydroxylation is 2. The number of hydrogen-bond donors (Lipinski definition) is 0. The normalized spacial score (nSPS) is 11.5. The molecular weight excluding hydrogens is 330 g/mol. The van der Waals surface area contributed by atoms with Crippen molar-refractivity contribution in [3.63, 3.8) is 0 Å². The van der Waals surface area contributed by atoms with Crippen LogP contribution in [0.5, 0.6) is 0 Å². The van der Waals surface area contributed by atoms with Gasteiger partial charge in [-0.05, 0) is 61.2 Å². The Morgan fingerprint density at radius 1 is 1.17 bits per heavy atom. The van der Waals surface area contributed by atoms with Gasteiger partial charge < -0.3 is 4.42 Å². The maximum atomic E-state index is 11.8. The Morgan fingerprint density at radius 2 is 1.96 bits per heavy atom. The molecule has 0 atom stereocenters. The van der Waals surface area contributed by atoms with Crippen LogP contribution in [0.3, 0.4) is 0 Å². The van der Waals surface area contributed by atoms with Crippen molar-refractivity contribution in [1.29, 1.82) is 0 Å². The molecule has 0 aliphatic heterocycles. The van der Waals surface area contributed by atoms with Gasteiger partial charge in [-0.2, -0.15) is 0 Å². The summed E-state index contributed by atoms with van der Waals surface area (Å²) in [7, 11) is 2.05. The minimum Gasteiger partial charge on any atom is -0.423 e. The van der Waals surface area contributed by atoms with Crippen molar-refractivity contribution >= 4 is 33.9 Å². The lowest BCUT2D eigenvalue weighted by Crippen LogP contribution is -2.18. The summed E-state index contributed by atoms with van der Waals surface area (Å²) >= 11 is 8.00. The molecule has 0 fully saturated rings. The maximum Gasteiger partial charge on any atom is 0.336 e. The van der Waals surface area contributed by atoms with Gasteiger partial charge in [-0.1, -0.05) is 11.6 Å². The number of halogens is 1. The number of benzene rings is 1. The molecule has 0 aliphatic carbocycles. The SMILES string of the molecule is Cc1cc2oc(=O)cc(CN(C)Cc3sccc3C)c2cc1Cl. The van der Waals surface area contributed by atoms with Crippen LogP contribution in [0.15, 0.2) is 38.9 Å². The molecule has 1 aromatic carbocycles. The van der Waals surface area contributed by atoms with E-state index in [0.717, 1.165) is 23.1 Å². The predicted octanol–water partition coefficient (Wildman–Crippen LogP) is 4.76. The quantitative estimate of drug-likeness (QED) is 0.638. The van der Waals surface area contributed by atoms with Crippen LogP contribution in [0, 0.1) is 13.8 Å². The largest absolute Gasteiger partial charge is 0.423 e. The van der Waals surface area contributed by atoms with E-state index >= 15 is 0 Å². The first-order chi connectivity index (χ1) is 10.9. The Morgan fingerprint density at radius 3 is 2.65 bits per heavy atom. The van der Waals surface area contributed by atoms with Crippen molar-refractivity contribution in [1.82, 2.24) is 4.90 Å². The first-order valence-corrected chi connectivity index (χ1v) is 8.64. The second-order valence-electron chi connectivity index (χ2n) is 5.89. The van der Waals surface area contributed by atoms with Gasteiger partial charge in [0.05, 0.1) is 0 Å². The van der Waals surface area contributed by atoms with E-state index in [1.165, 1.54) is 10.4 Å². The summed E-state index contributed by atoms with van der Waals surface area (Å²) in [5, 5.41) is 3.69. The predicted molar refractivity (Wildman–Crippen MR) is 96.5 cm³/mol. The fraction of sp³-hybridized carbons (Fsp3) is 0.278. The molecule has 0 saturated heterocycles. The molecule has 0 saturated carbocycles. The van der Waals surface area contributed by atoms with Crippen LogP contribution in [-0.2, 0) is 13.1 Å². The summed E-state index contributed by atoms with van der Waals surface area (Å²) in [6.07, 6.45) is 0. The average Bonchev–Trinajstić information content (AvgIpc) is 2.86. The van der Waals surface area contributed by atoms with Crippen molar-refractivity contribution in [2.75, 3.05) is 7.05 Å². The van der Waals surface area contributed by atoms with Crippen LogP contribution >= 0.6 is 22.9 Å². The van der Waals surface area contributed by atoms with E-state index in [1.807, 2.05) is 19.1 Å². The topological polar surface area (TPSA) is 33.5 Å². The Labute approximate surface area is 144 Å². The van der Waals surface area contributed by atoms with Gasteiger partial charge in [0.1, 0.15) is 5.58 Å². The Balaban J connectivity index is 1.94. The second kappa shape index (κ2) is 6.48. The van der Waals surface area contributed by atoms with Crippen molar-refractivity contribution in [3.8, 4) is 0 Å². The van der Waals surface area contributed by atoms with E-state index < -0.39 is 0 Å². The van der Waals surface area contributed by atoms with E-state index in [-0.39, 0.29) is 5.63 Å². The van der Waals surface area contributed by atoms with E-state index in [4.69, 9.17) is 16.0 Å². The molecule has 3 aromatic rings. The molecule has 3 nitrogen and oxygen atoms in total. The van der Waals surface area contributed by atoms with Crippen molar-refractivity contribution in [2.24, 2.45) is 0 Å². The van der Waals surface area contributed by atoms with E-state index in [9.17, 15) is 4.79 Å². The molecule has 0 aliphatic rings. The fourth-order valence-electron chi connectivity index (χ4n) is 2.64. The molecule has 2 aromatic heterocycles. The van der Waals surface area contributed by atoms with Crippen LogP contribution < -0.4 is 5.63 Å². The van der Waals surface area contributed by atoms with Crippen molar-refractivity contribution in [3.05, 3.63) is 66.7 Å². The lowest BCUT2D eigenvalue weighted by atomic mass is 10.1. The summed E-state index contributed by atoms with van der Waals surface area (Å²) in [4.78, 5) is 15.4. The monoisotopic (exact) mass is 347 g/mol. The summed E-state index contributed by atoms with van der Waals surface area (Å²) in [6.45, 7) is 5.54. The van der Waals surface area contributed by atoms with Gasteiger partial charge >= 0.3 is 5.63 Å². The number of nitrogens with zero attached hydrogens (tertiary/aromatic N) is 1. The average molecular weight is 348 g/mol. The standard InChI is InChI=1S/C18H18ClNO2S/c1-11-4-5-23-17(11)10-20(3)9-13-7-18(21)22-16-6-12(2)15(19)8-14(13)16/h4-8H,9-10H2,1-3H3. The van der Waals surface area contributed by atoms with E-state index in [2.05, 4.69) is 30.3 Å². The summed E-state index contributed by atoms with van der Waals surface area (Å²) in [5.74, 6) is 0. The zero-order valence-corrected chi connectivity index (χ0v) is 14.9. The molecule has 0 bridgehead atoms. The molecule has 23 heavy (non-hydrogen) atoms. The summed E-state index contributed by atoms with van der Waals surface area (Å²) < 4.78 is 5.31. The van der Waals surface area contributed by atoms with Gasteiger partial charge in [0, 0.05) is 34.4 Å². The fourth-order valence-corrected chi connectivity index (χ4v) is 3.79. The first kappa shape index (κ1) is 16.2. The Hall–Kier alpha value is -1.62. The van der Waals surface area contributed by atoms with Gasteiger partial charge in [0.15, 0.2) is 0 Å². The third kappa shape index (κ3) is 3.50. The number of hydrogen-bond acceptors (Lipinski definition) is 4. The second-order valence-corrected chi connectivity index (χ2v) is 7.30. The zero-order chi connectivity index (χ0) is 16.6. The lowest BCUT2D eigenvalue weighted by molar-refractivity contribution is 0.321. The zero-order valence-electron chi connectivity index (χ0n) is 13.4. The minimum atomic E-state index is -0.324. The highest BCUT2D eigenvalue weighted by atomic mass is 35.5. The van der Waals surface area contributed by atoms with E-state index in [0.29, 0.717) is 17.2 Å². The molecule has 5 heteroatoms. The smallest absolute Gasteiger partial charge is 0.336 e. The van der Waals surface area contributed by atoms with Crippen LogP contribution in [0.1, 0.15) is 21.6 Å². The molecule has 0 spiro atoms. The molecule has 3 rings (SSSR count). The molecular formula is C18H18ClNO2S. The highest BCUT2D eigenvalue weighted by Crippen LogP contribution is 2.26. The number of fused-ring (bicyclic) bond motifs is 1. The minimum absolute atomic E-state index is 0.324. The molecule has 120 valence electrons. The van der Waals surface area contributed by atoms with E-state index in [1.54, 1.807) is 17.4 Å². The van der Waals surface area contributed by atoms with Crippen LogP contribution in [0.25, 0.3) is 11.0 Å². The molecule has 0 radical (unpaired) electrons. The van der Waals surface area contributed by atoms with Crippen molar-refractivity contribution < 1.29 is 4.42 Å². The molecule has 0 N–H and O–H groups in total. The highest BCUT2D eigenvalue weighted by Gasteiger charge is 2.11. The van der Waals surface area contributed by atoms with Crippen molar-refractivity contribution in [2.45, 2.75) is 26.9 Å². The number of rotatable bonds is 4. The molecule has 0 amide bonds. The first-order valence-electron chi connectivity index (χ1n) is 7.38. The van der Waals surface area contributed by atoms with Crippen LogP contribution in [0.4, 0.5) is 0 Å². The highest BCUT2D eigenvalue weighted by molar-refractivity contribution is 7.10. The van der Waals surface area contributed by atoms with Gasteiger partial charge in [-0.3, -0.25) is 4.90 Å². The third-order valence-corrected chi connectivity index (χ3v) is 5.35. The van der Waals surface area contributed by atoms with Gasteiger partial charge in [0.25, 0.3) is 0 Å². The Bertz CT molecular complexity index is 913.